The number of hydrogen-bond acceptors (Lipinski definition) is 4. The van der Waals surface area contributed by atoms with E-state index in [0.717, 1.165) is 30.2 Å². The fourth-order valence-corrected chi connectivity index (χ4v) is 3.34. The average Bonchev–Trinajstić information content (AvgIpc) is 2.97. The van der Waals surface area contributed by atoms with Gasteiger partial charge in [0.15, 0.2) is 5.82 Å². The molecule has 2 amide bonds. The number of H-pyrrole nitrogens is 1. The summed E-state index contributed by atoms with van der Waals surface area (Å²) in [6, 6.07) is 5.49. The van der Waals surface area contributed by atoms with Crippen molar-refractivity contribution in [3.05, 3.63) is 18.2 Å². The lowest BCUT2D eigenvalue weighted by molar-refractivity contribution is -0.130. The fraction of sp³-hybridized carbons (Fsp3) is 0.471. The lowest BCUT2D eigenvalue weighted by Crippen LogP contribution is -2.57. The van der Waals surface area contributed by atoms with Gasteiger partial charge in [-0.15, -0.1) is 0 Å². The highest BCUT2D eigenvalue weighted by atomic mass is 16.5. The minimum absolute atomic E-state index is 0.194. The highest BCUT2D eigenvalue weighted by Gasteiger charge is 2.40. The second kappa shape index (κ2) is 6.51. The molecule has 0 bridgehead atoms. The number of nitrogens with zero attached hydrogens (tertiary/aromatic N) is 1. The van der Waals surface area contributed by atoms with Crippen molar-refractivity contribution >= 4 is 28.5 Å². The number of fused-ring (bicyclic) bond motifs is 1. The summed E-state index contributed by atoms with van der Waals surface area (Å²) in [7, 11) is 1.59. The van der Waals surface area contributed by atoms with Gasteiger partial charge >= 0.3 is 0 Å². The number of anilines is 1. The lowest BCUT2D eigenvalue weighted by atomic mass is 9.80. The molecule has 0 atom stereocenters. The number of carbonyl (C=O) groups is 2. The third-order valence-electron chi connectivity index (χ3n) is 4.56. The van der Waals surface area contributed by atoms with Gasteiger partial charge < -0.3 is 15.4 Å². The molecular weight excluding hydrogens is 308 g/mol. The third kappa shape index (κ3) is 3.06. The summed E-state index contributed by atoms with van der Waals surface area (Å²) >= 11 is 0. The lowest BCUT2D eigenvalue weighted by Gasteiger charge is -2.36. The van der Waals surface area contributed by atoms with Crippen molar-refractivity contribution in [1.82, 2.24) is 15.5 Å². The highest BCUT2D eigenvalue weighted by molar-refractivity contribution is 6.05. The van der Waals surface area contributed by atoms with E-state index < -0.39 is 5.54 Å². The molecule has 24 heavy (non-hydrogen) atoms. The van der Waals surface area contributed by atoms with Crippen LogP contribution in [0, 0.1) is 0 Å². The van der Waals surface area contributed by atoms with Crippen LogP contribution in [-0.2, 0) is 9.59 Å². The summed E-state index contributed by atoms with van der Waals surface area (Å²) in [4.78, 5) is 24.5. The summed E-state index contributed by atoms with van der Waals surface area (Å²) in [5.41, 5.74) is -0.0443. The molecule has 128 valence electrons. The number of methoxy groups -OCH3 is 1. The predicted molar refractivity (Wildman–Crippen MR) is 90.9 cm³/mol. The van der Waals surface area contributed by atoms with Crippen LogP contribution in [0.5, 0.6) is 5.75 Å². The van der Waals surface area contributed by atoms with Gasteiger partial charge in [0.25, 0.3) is 5.91 Å². The Morgan fingerprint density at radius 3 is 2.67 bits per heavy atom. The number of benzene rings is 1. The van der Waals surface area contributed by atoms with Crippen LogP contribution in [0.1, 0.15) is 39.0 Å². The van der Waals surface area contributed by atoms with E-state index in [1.165, 1.54) is 6.92 Å². The second-order valence-corrected chi connectivity index (χ2v) is 6.26. The maximum Gasteiger partial charge on any atom is 0.251 e. The van der Waals surface area contributed by atoms with Gasteiger partial charge in [0.1, 0.15) is 11.3 Å². The number of hydrogen-bond donors (Lipinski definition) is 3. The Morgan fingerprint density at radius 2 is 2.00 bits per heavy atom. The van der Waals surface area contributed by atoms with E-state index in [1.54, 1.807) is 7.11 Å². The van der Waals surface area contributed by atoms with Crippen molar-refractivity contribution in [2.45, 2.75) is 44.6 Å². The molecular formula is C17H22N4O3. The van der Waals surface area contributed by atoms with E-state index in [4.69, 9.17) is 4.74 Å². The Kier molecular flexibility index (Phi) is 4.42. The number of carbonyl (C=O) groups excluding carboxylic acids is 2. The number of aromatic amines is 1. The molecule has 1 aromatic heterocycles. The van der Waals surface area contributed by atoms with Crippen LogP contribution in [0.25, 0.3) is 10.9 Å². The fourth-order valence-electron chi connectivity index (χ4n) is 3.34. The first-order chi connectivity index (χ1) is 11.5. The number of amides is 2. The molecule has 0 aliphatic heterocycles. The molecule has 2 aromatic rings. The van der Waals surface area contributed by atoms with Crippen LogP contribution < -0.4 is 15.4 Å². The molecule has 0 saturated heterocycles. The Labute approximate surface area is 140 Å². The van der Waals surface area contributed by atoms with E-state index in [2.05, 4.69) is 20.8 Å². The highest BCUT2D eigenvalue weighted by Crippen LogP contribution is 2.31. The second-order valence-electron chi connectivity index (χ2n) is 6.26. The van der Waals surface area contributed by atoms with Gasteiger partial charge in [0.2, 0.25) is 5.91 Å². The number of ether oxygens (including phenoxy) is 1. The number of rotatable bonds is 4. The Bertz CT molecular complexity index is 762. The summed E-state index contributed by atoms with van der Waals surface area (Å²) < 4.78 is 5.23. The zero-order valence-electron chi connectivity index (χ0n) is 13.9. The Balaban J connectivity index is 1.88. The van der Waals surface area contributed by atoms with Gasteiger partial charge in [-0.25, -0.2) is 0 Å². The molecule has 7 heteroatoms. The van der Waals surface area contributed by atoms with Crippen LogP contribution in [-0.4, -0.2) is 34.7 Å². The van der Waals surface area contributed by atoms with Gasteiger partial charge in [0, 0.05) is 12.3 Å². The van der Waals surface area contributed by atoms with Gasteiger partial charge in [0.05, 0.1) is 12.6 Å². The molecule has 0 radical (unpaired) electrons. The maximum atomic E-state index is 12.9. The summed E-state index contributed by atoms with van der Waals surface area (Å²) in [6.07, 6.45) is 4.21. The van der Waals surface area contributed by atoms with Crippen LogP contribution in [0.2, 0.25) is 0 Å². The monoisotopic (exact) mass is 330 g/mol. The molecule has 1 aliphatic carbocycles. The largest absolute Gasteiger partial charge is 0.497 e. The first kappa shape index (κ1) is 16.3. The summed E-state index contributed by atoms with van der Waals surface area (Å²) in [5, 5.41) is 13.6. The van der Waals surface area contributed by atoms with E-state index >= 15 is 0 Å². The van der Waals surface area contributed by atoms with E-state index in [-0.39, 0.29) is 11.8 Å². The minimum atomic E-state index is -0.853. The summed E-state index contributed by atoms with van der Waals surface area (Å²) in [6.45, 7) is 1.44. The molecule has 7 nitrogen and oxygen atoms in total. The quantitative estimate of drug-likeness (QED) is 0.802. The Morgan fingerprint density at radius 1 is 1.25 bits per heavy atom. The van der Waals surface area contributed by atoms with Gasteiger partial charge in [-0.3, -0.25) is 14.7 Å². The number of aromatic nitrogens is 2. The predicted octanol–water partition coefficient (Wildman–Crippen LogP) is 2.35. The van der Waals surface area contributed by atoms with Crippen molar-refractivity contribution in [3.63, 3.8) is 0 Å². The van der Waals surface area contributed by atoms with Crippen molar-refractivity contribution in [2.24, 2.45) is 0 Å². The smallest absolute Gasteiger partial charge is 0.251 e. The molecule has 1 fully saturated rings. The zero-order chi connectivity index (χ0) is 17.2. The Hall–Kier alpha value is -2.57. The molecule has 1 aromatic carbocycles. The van der Waals surface area contributed by atoms with Crippen LogP contribution in [0.4, 0.5) is 5.82 Å². The number of nitrogens with one attached hydrogen (secondary N) is 3. The normalized spacial score (nSPS) is 16.6. The molecule has 3 N–H and O–H groups in total. The average molecular weight is 330 g/mol. The van der Waals surface area contributed by atoms with Crippen LogP contribution >= 0.6 is 0 Å². The molecule has 1 saturated carbocycles. The minimum Gasteiger partial charge on any atom is -0.497 e. The molecule has 3 rings (SSSR count). The first-order valence-corrected chi connectivity index (χ1v) is 8.16. The third-order valence-corrected chi connectivity index (χ3v) is 4.56. The van der Waals surface area contributed by atoms with Crippen molar-refractivity contribution < 1.29 is 14.3 Å². The first-order valence-electron chi connectivity index (χ1n) is 8.16. The zero-order valence-corrected chi connectivity index (χ0v) is 13.9. The van der Waals surface area contributed by atoms with Crippen molar-refractivity contribution in [3.8, 4) is 5.75 Å². The molecule has 1 heterocycles. The maximum absolute atomic E-state index is 12.9. The topological polar surface area (TPSA) is 96.1 Å². The van der Waals surface area contributed by atoms with Crippen LogP contribution in [0.15, 0.2) is 18.2 Å². The van der Waals surface area contributed by atoms with Gasteiger partial charge in [-0.1, -0.05) is 19.3 Å². The van der Waals surface area contributed by atoms with Gasteiger partial charge in [-0.05, 0) is 31.0 Å². The van der Waals surface area contributed by atoms with Crippen molar-refractivity contribution in [2.75, 3.05) is 12.4 Å². The standard InChI is InChI=1S/C17H22N4O3/c1-11(22)19-17(8-4-3-5-9-17)16(23)18-15-13-10-12(24-2)6-7-14(13)20-21-15/h6-7,10H,3-5,8-9H2,1-2H3,(H,19,22)(H2,18,20,21,23). The van der Waals surface area contributed by atoms with Crippen molar-refractivity contribution in [1.29, 1.82) is 0 Å². The van der Waals surface area contributed by atoms with Crippen LogP contribution in [0.3, 0.4) is 0 Å². The van der Waals surface area contributed by atoms with E-state index in [1.807, 2.05) is 18.2 Å². The molecule has 0 unspecified atom stereocenters. The summed E-state index contributed by atoms with van der Waals surface area (Å²) in [5.74, 6) is 0.729. The van der Waals surface area contributed by atoms with Gasteiger partial charge in [-0.2, -0.15) is 5.10 Å². The van der Waals surface area contributed by atoms with E-state index in [0.29, 0.717) is 24.4 Å². The molecule has 0 spiro atoms. The SMILES string of the molecule is COc1ccc2[nH]nc(NC(=O)C3(NC(C)=O)CCCCC3)c2c1. The molecule has 1 aliphatic rings. The van der Waals surface area contributed by atoms with E-state index in [9.17, 15) is 9.59 Å².